The molecule has 0 amide bonds. The SMILES string of the molecule is CCOC(=O)C1=NN(c2ccc([N+](=O)[O-])cc2[N+](=O)[O-])C2Nc3ccccc3C2(C)C1. The monoisotopic (exact) mass is 425 g/mol. The van der Waals surface area contributed by atoms with Crippen molar-refractivity contribution < 1.29 is 19.4 Å². The molecule has 0 bridgehead atoms. The summed E-state index contributed by atoms with van der Waals surface area (Å²) in [5.74, 6) is -0.610. The summed E-state index contributed by atoms with van der Waals surface area (Å²) in [4.78, 5) is 34.0. The van der Waals surface area contributed by atoms with Crippen LogP contribution in [0.15, 0.2) is 47.6 Å². The number of carbonyl (C=O) groups excluding carboxylic acids is 1. The number of nitrogens with zero attached hydrogens (tertiary/aromatic N) is 4. The fraction of sp³-hybridized carbons (Fsp3) is 0.300. The summed E-state index contributed by atoms with van der Waals surface area (Å²) in [7, 11) is 0. The van der Waals surface area contributed by atoms with E-state index in [1.807, 2.05) is 31.2 Å². The lowest BCUT2D eigenvalue weighted by Crippen LogP contribution is -2.54. The van der Waals surface area contributed by atoms with Crippen LogP contribution in [0.25, 0.3) is 0 Å². The van der Waals surface area contributed by atoms with Crippen LogP contribution in [-0.4, -0.2) is 34.3 Å². The number of nitro benzene ring substituents is 2. The summed E-state index contributed by atoms with van der Waals surface area (Å²) >= 11 is 0. The van der Waals surface area contributed by atoms with Gasteiger partial charge in [-0.15, -0.1) is 0 Å². The molecular formula is C20H19N5O6. The van der Waals surface area contributed by atoms with E-state index in [0.717, 1.165) is 17.3 Å². The first-order valence-corrected chi connectivity index (χ1v) is 9.59. The van der Waals surface area contributed by atoms with E-state index in [1.165, 1.54) is 17.1 Å². The molecule has 11 nitrogen and oxygen atoms in total. The van der Waals surface area contributed by atoms with E-state index in [-0.39, 0.29) is 24.4 Å². The van der Waals surface area contributed by atoms with E-state index in [2.05, 4.69) is 10.4 Å². The van der Waals surface area contributed by atoms with Crippen molar-refractivity contribution in [3.8, 4) is 0 Å². The maximum atomic E-state index is 12.6. The number of para-hydroxylation sites is 1. The molecule has 4 rings (SSSR count). The van der Waals surface area contributed by atoms with Gasteiger partial charge < -0.3 is 10.1 Å². The van der Waals surface area contributed by atoms with Gasteiger partial charge >= 0.3 is 11.7 Å². The Bertz CT molecular complexity index is 1130. The lowest BCUT2D eigenvalue weighted by molar-refractivity contribution is -0.393. The Morgan fingerprint density at radius 2 is 2.00 bits per heavy atom. The number of rotatable bonds is 5. The number of fused-ring (bicyclic) bond motifs is 3. The molecule has 31 heavy (non-hydrogen) atoms. The maximum absolute atomic E-state index is 12.6. The van der Waals surface area contributed by atoms with Crippen molar-refractivity contribution in [3.63, 3.8) is 0 Å². The molecule has 0 aromatic heterocycles. The third-order valence-corrected chi connectivity index (χ3v) is 5.57. The first-order chi connectivity index (χ1) is 14.8. The van der Waals surface area contributed by atoms with Gasteiger partial charge in [-0.1, -0.05) is 25.1 Å². The molecule has 0 aliphatic carbocycles. The summed E-state index contributed by atoms with van der Waals surface area (Å²) in [6, 6.07) is 10.9. The van der Waals surface area contributed by atoms with E-state index < -0.39 is 38.8 Å². The van der Waals surface area contributed by atoms with Crippen LogP contribution in [0.2, 0.25) is 0 Å². The number of ether oxygens (including phenoxy) is 1. The Kier molecular flexibility index (Phi) is 4.80. The van der Waals surface area contributed by atoms with Gasteiger partial charge in [0.15, 0.2) is 0 Å². The number of nitro groups is 2. The predicted octanol–water partition coefficient (Wildman–Crippen LogP) is 3.34. The molecule has 0 radical (unpaired) electrons. The number of benzene rings is 2. The minimum absolute atomic E-state index is 0.0358. The number of anilines is 2. The molecule has 0 fully saturated rings. The Morgan fingerprint density at radius 3 is 2.68 bits per heavy atom. The van der Waals surface area contributed by atoms with Crippen LogP contribution >= 0.6 is 0 Å². The maximum Gasteiger partial charge on any atom is 0.354 e. The molecule has 2 heterocycles. The van der Waals surface area contributed by atoms with Gasteiger partial charge in [-0.2, -0.15) is 5.10 Å². The van der Waals surface area contributed by atoms with Gasteiger partial charge in [0.2, 0.25) is 0 Å². The topological polar surface area (TPSA) is 140 Å². The fourth-order valence-corrected chi connectivity index (χ4v) is 4.14. The van der Waals surface area contributed by atoms with Crippen LogP contribution in [0, 0.1) is 20.2 Å². The first kappa shape index (κ1) is 20.3. The molecular weight excluding hydrogens is 406 g/mol. The average molecular weight is 425 g/mol. The number of carbonyl (C=O) groups is 1. The smallest absolute Gasteiger partial charge is 0.354 e. The van der Waals surface area contributed by atoms with Crippen LogP contribution in [0.5, 0.6) is 0 Å². The van der Waals surface area contributed by atoms with Crippen LogP contribution < -0.4 is 10.3 Å². The molecule has 2 aliphatic rings. The highest BCUT2D eigenvalue weighted by Crippen LogP contribution is 2.49. The van der Waals surface area contributed by atoms with Gasteiger partial charge in [0.25, 0.3) is 5.69 Å². The minimum atomic E-state index is -0.700. The van der Waals surface area contributed by atoms with Crippen molar-refractivity contribution in [1.29, 1.82) is 0 Å². The zero-order valence-corrected chi connectivity index (χ0v) is 16.8. The van der Waals surface area contributed by atoms with Crippen molar-refractivity contribution in [2.45, 2.75) is 31.8 Å². The fourth-order valence-electron chi connectivity index (χ4n) is 4.14. The molecule has 2 unspecified atom stereocenters. The van der Waals surface area contributed by atoms with Crippen molar-refractivity contribution in [3.05, 3.63) is 68.3 Å². The molecule has 0 saturated heterocycles. The van der Waals surface area contributed by atoms with Gasteiger partial charge in [-0.25, -0.2) is 9.80 Å². The number of nitrogens with one attached hydrogen (secondary N) is 1. The van der Waals surface area contributed by atoms with E-state index in [0.29, 0.717) is 0 Å². The molecule has 2 atom stereocenters. The quantitative estimate of drug-likeness (QED) is 0.437. The van der Waals surface area contributed by atoms with Crippen molar-refractivity contribution in [1.82, 2.24) is 0 Å². The van der Waals surface area contributed by atoms with Crippen LogP contribution in [0.4, 0.5) is 22.7 Å². The van der Waals surface area contributed by atoms with Crippen molar-refractivity contribution in [2.24, 2.45) is 5.10 Å². The molecule has 0 saturated carbocycles. The predicted molar refractivity (Wildman–Crippen MR) is 112 cm³/mol. The van der Waals surface area contributed by atoms with E-state index in [4.69, 9.17) is 4.74 Å². The zero-order valence-electron chi connectivity index (χ0n) is 16.8. The number of hydrogen-bond acceptors (Lipinski definition) is 9. The Balaban J connectivity index is 1.90. The standard InChI is InChI=1S/C20H19N5O6/c1-3-31-18(26)15-11-20(2)13-6-4-5-7-14(13)21-19(20)23(22-15)16-9-8-12(24(27)28)10-17(16)25(29)30/h4-10,19,21H,3,11H2,1-2H3. The molecule has 1 N–H and O–H groups in total. The molecule has 160 valence electrons. The average Bonchev–Trinajstić information content (AvgIpc) is 3.05. The van der Waals surface area contributed by atoms with Gasteiger partial charge in [0, 0.05) is 23.6 Å². The van der Waals surface area contributed by atoms with Crippen LogP contribution in [0.1, 0.15) is 25.8 Å². The van der Waals surface area contributed by atoms with E-state index in [9.17, 15) is 25.0 Å². The highest BCUT2D eigenvalue weighted by molar-refractivity contribution is 6.37. The number of hydrogen-bond donors (Lipinski definition) is 1. The Morgan fingerprint density at radius 1 is 1.26 bits per heavy atom. The number of esters is 1. The van der Waals surface area contributed by atoms with E-state index >= 15 is 0 Å². The summed E-state index contributed by atoms with van der Waals surface area (Å²) in [5.41, 5.74) is 0.364. The highest BCUT2D eigenvalue weighted by atomic mass is 16.6. The second kappa shape index (κ2) is 7.35. The highest BCUT2D eigenvalue weighted by Gasteiger charge is 2.52. The molecule has 0 spiro atoms. The van der Waals surface area contributed by atoms with Crippen LogP contribution in [0.3, 0.4) is 0 Å². The Labute approximate surface area is 176 Å². The van der Waals surface area contributed by atoms with Gasteiger partial charge in [-0.05, 0) is 24.6 Å². The summed E-state index contributed by atoms with van der Waals surface area (Å²) in [5, 5.41) is 32.0. The third-order valence-electron chi connectivity index (χ3n) is 5.57. The molecule has 2 aliphatic heterocycles. The molecule has 2 aromatic rings. The van der Waals surface area contributed by atoms with Crippen molar-refractivity contribution >= 4 is 34.4 Å². The minimum Gasteiger partial charge on any atom is -0.461 e. The largest absolute Gasteiger partial charge is 0.461 e. The summed E-state index contributed by atoms with van der Waals surface area (Å²) in [6.07, 6.45) is -0.291. The lowest BCUT2D eigenvalue weighted by atomic mass is 9.76. The number of hydrazone groups is 1. The zero-order chi connectivity index (χ0) is 22.3. The third kappa shape index (κ3) is 3.23. The number of non-ortho nitro benzene ring substituents is 1. The summed E-state index contributed by atoms with van der Waals surface area (Å²) in [6.45, 7) is 3.77. The molecule has 2 aromatic carbocycles. The van der Waals surface area contributed by atoms with Crippen LogP contribution in [-0.2, 0) is 14.9 Å². The first-order valence-electron chi connectivity index (χ1n) is 9.59. The van der Waals surface area contributed by atoms with Gasteiger partial charge in [0.05, 0.1) is 22.5 Å². The second-order valence-corrected chi connectivity index (χ2v) is 7.49. The normalized spacial score (nSPS) is 21.4. The van der Waals surface area contributed by atoms with Crippen molar-refractivity contribution in [2.75, 3.05) is 16.9 Å². The lowest BCUT2D eigenvalue weighted by Gasteiger charge is -2.41. The Hall–Kier alpha value is -4.02. The second-order valence-electron chi connectivity index (χ2n) is 7.49. The summed E-state index contributed by atoms with van der Waals surface area (Å²) < 4.78 is 5.14. The molecule has 11 heteroatoms. The van der Waals surface area contributed by atoms with E-state index in [1.54, 1.807) is 6.92 Å². The van der Waals surface area contributed by atoms with Gasteiger partial charge in [-0.3, -0.25) is 20.2 Å². The van der Waals surface area contributed by atoms with Gasteiger partial charge in [0.1, 0.15) is 17.6 Å².